The molecule has 2 aromatic rings. The second-order valence-corrected chi connectivity index (χ2v) is 8.08. The first-order chi connectivity index (χ1) is 15.4. The minimum atomic E-state index is -0.440. The summed E-state index contributed by atoms with van der Waals surface area (Å²) in [5.74, 6) is 0.984. The Balaban J connectivity index is 1.74. The van der Waals surface area contributed by atoms with Gasteiger partial charge in [0.1, 0.15) is 11.5 Å². The number of methoxy groups -OCH3 is 2. The summed E-state index contributed by atoms with van der Waals surface area (Å²) in [5.41, 5.74) is 2.35. The zero-order chi connectivity index (χ0) is 23.1. The molecule has 172 valence electrons. The number of carbonyl (C=O) groups excluding carboxylic acids is 2. The first-order valence-electron chi connectivity index (χ1n) is 10.8. The van der Waals surface area contributed by atoms with E-state index < -0.39 is 6.03 Å². The van der Waals surface area contributed by atoms with Crippen LogP contribution in [-0.2, 0) is 0 Å². The van der Waals surface area contributed by atoms with Crippen LogP contribution >= 0.6 is 0 Å². The number of hydrogen-bond donors (Lipinski definition) is 3. The summed E-state index contributed by atoms with van der Waals surface area (Å²) in [6, 6.07) is 10.2. The van der Waals surface area contributed by atoms with Crippen molar-refractivity contribution < 1.29 is 19.1 Å². The number of carbonyl (C=O) groups is 2. The second kappa shape index (κ2) is 10.7. The van der Waals surface area contributed by atoms with E-state index in [9.17, 15) is 9.59 Å². The number of ether oxygens (including phenoxy) is 2. The molecular weight excluding hydrogens is 408 g/mol. The van der Waals surface area contributed by atoms with Crippen molar-refractivity contribution in [3.63, 3.8) is 0 Å². The van der Waals surface area contributed by atoms with E-state index in [4.69, 9.17) is 9.47 Å². The van der Waals surface area contributed by atoms with Crippen LogP contribution in [0.3, 0.4) is 0 Å². The quantitative estimate of drug-likeness (QED) is 0.591. The zero-order valence-electron chi connectivity index (χ0n) is 19.2. The molecule has 0 heterocycles. The molecule has 1 fully saturated rings. The lowest BCUT2D eigenvalue weighted by molar-refractivity contribution is 0.0928. The van der Waals surface area contributed by atoms with Crippen LogP contribution in [0.4, 0.5) is 21.9 Å². The average Bonchev–Trinajstić information content (AvgIpc) is 2.79. The van der Waals surface area contributed by atoms with Crippen molar-refractivity contribution >= 4 is 29.0 Å². The molecular formula is C24H32N4O4. The van der Waals surface area contributed by atoms with Gasteiger partial charge in [0.05, 0.1) is 25.5 Å². The summed E-state index contributed by atoms with van der Waals surface area (Å²) < 4.78 is 10.5. The van der Waals surface area contributed by atoms with Gasteiger partial charge in [0.15, 0.2) is 0 Å². The van der Waals surface area contributed by atoms with Gasteiger partial charge in [-0.25, -0.2) is 4.79 Å². The van der Waals surface area contributed by atoms with Crippen LogP contribution in [0.15, 0.2) is 36.4 Å². The number of nitrogens with one attached hydrogen (secondary N) is 3. The van der Waals surface area contributed by atoms with E-state index in [1.807, 2.05) is 25.1 Å². The summed E-state index contributed by atoms with van der Waals surface area (Å²) in [6.45, 7) is 0. The maximum Gasteiger partial charge on any atom is 0.323 e. The van der Waals surface area contributed by atoms with E-state index in [0.29, 0.717) is 28.4 Å². The van der Waals surface area contributed by atoms with Crippen molar-refractivity contribution in [3.8, 4) is 11.5 Å². The van der Waals surface area contributed by atoms with Crippen molar-refractivity contribution in [2.24, 2.45) is 0 Å². The third kappa shape index (κ3) is 5.84. The van der Waals surface area contributed by atoms with Crippen LogP contribution in [-0.4, -0.2) is 46.3 Å². The Kier molecular flexibility index (Phi) is 7.81. The normalized spacial score (nSPS) is 13.8. The summed E-state index contributed by atoms with van der Waals surface area (Å²) in [7, 11) is 6.87. The standard InChI is InChI=1S/C24H32N4O4/c1-28(2)21-13-10-17(14-19(21)23(29)25-16-8-6-5-7-9-16)26-24(30)27-20-12-11-18(31-3)15-22(20)32-4/h10-16H,5-9H2,1-4H3,(H,25,29)(H2,26,27,30). The third-order valence-corrected chi connectivity index (χ3v) is 5.58. The van der Waals surface area contributed by atoms with Crippen LogP contribution in [0.5, 0.6) is 11.5 Å². The number of urea groups is 1. The summed E-state index contributed by atoms with van der Waals surface area (Å²) in [4.78, 5) is 27.5. The molecule has 1 aliphatic carbocycles. The molecule has 3 rings (SSSR count). The molecule has 0 unspecified atom stereocenters. The van der Waals surface area contributed by atoms with E-state index in [1.165, 1.54) is 13.5 Å². The van der Waals surface area contributed by atoms with Crippen molar-refractivity contribution in [2.75, 3.05) is 43.8 Å². The molecule has 0 radical (unpaired) electrons. The predicted molar refractivity (Wildman–Crippen MR) is 127 cm³/mol. The first kappa shape index (κ1) is 23.2. The lowest BCUT2D eigenvalue weighted by atomic mass is 9.95. The molecule has 2 aromatic carbocycles. The fourth-order valence-corrected chi connectivity index (χ4v) is 3.88. The van der Waals surface area contributed by atoms with Gasteiger partial charge in [-0.3, -0.25) is 4.79 Å². The van der Waals surface area contributed by atoms with Gasteiger partial charge >= 0.3 is 6.03 Å². The van der Waals surface area contributed by atoms with Gasteiger partial charge in [0.25, 0.3) is 5.91 Å². The number of hydrogen-bond acceptors (Lipinski definition) is 5. The minimum Gasteiger partial charge on any atom is -0.497 e. The highest BCUT2D eigenvalue weighted by Crippen LogP contribution is 2.29. The summed E-state index contributed by atoms with van der Waals surface area (Å²) in [6.07, 6.45) is 5.52. The number of benzene rings is 2. The second-order valence-electron chi connectivity index (χ2n) is 8.08. The van der Waals surface area contributed by atoms with Crippen molar-refractivity contribution in [2.45, 2.75) is 38.1 Å². The van der Waals surface area contributed by atoms with Gasteiger partial charge in [-0.2, -0.15) is 0 Å². The molecule has 32 heavy (non-hydrogen) atoms. The zero-order valence-corrected chi connectivity index (χ0v) is 19.2. The Morgan fingerprint density at radius 3 is 2.34 bits per heavy atom. The summed E-state index contributed by atoms with van der Waals surface area (Å²) in [5, 5.41) is 8.73. The van der Waals surface area contributed by atoms with Gasteiger partial charge < -0.3 is 30.3 Å². The number of nitrogens with zero attached hydrogens (tertiary/aromatic N) is 1. The average molecular weight is 441 g/mol. The van der Waals surface area contributed by atoms with E-state index in [0.717, 1.165) is 31.4 Å². The van der Waals surface area contributed by atoms with Gasteiger partial charge in [0.2, 0.25) is 0 Å². The largest absolute Gasteiger partial charge is 0.497 e. The molecule has 0 spiro atoms. The van der Waals surface area contributed by atoms with Gasteiger partial charge in [-0.05, 0) is 43.2 Å². The topological polar surface area (TPSA) is 91.9 Å². The Morgan fingerprint density at radius 1 is 0.938 bits per heavy atom. The highest BCUT2D eigenvalue weighted by atomic mass is 16.5. The van der Waals surface area contributed by atoms with E-state index in [1.54, 1.807) is 37.4 Å². The number of anilines is 3. The maximum absolute atomic E-state index is 13.0. The highest BCUT2D eigenvalue weighted by molar-refractivity contribution is 6.04. The van der Waals surface area contributed by atoms with Crippen molar-refractivity contribution in [3.05, 3.63) is 42.0 Å². The molecule has 0 saturated heterocycles. The Hall–Kier alpha value is -3.42. The number of amides is 3. The molecule has 3 N–H and O–H groups in total. The van der Waals surface area contributed by atoms with Crippen LogP contribution < -0.4 is 30.3 Å². The fourth-order valence-electron chi connectivity index (χ4n) is 3.88. The van der Waals surface area contributed by atoms with E-state index in [-0.39, 0.29) is 11.9 Å². The number of rotatable bonds is 7. The molecule has 3 amide bonds. The molecule has 0 atom stereocenters. The Morgan fingerprint density at radius 2 is 1.69 bits per heavy atom. The smallest absolute Gasteiger partial charge is 0.323 e. The summed E-state index contributed by atoms with van der Waals surface area (Å²) >= 11 is 0. The molecule has 0 aliphatic heterocycles. The molecule has 1 saturated carbocycles. The lowest BCUT2D eigenvalue weighted by Crippen LogP contribution is -2.36. The van der Waals surface area contributed by atoms with Crippen LogP contribution in [0.25, 0.3) is 0 Å². The van der Waals surface area contributed by atoms with Crippen LogP contribution in [0, 0.1) is 0 Å². The maximum atomic E-state index is 13.0. The SMILES string of the molecule is COc1ccc(NC(=O)Nc2ccc(N(C)C)c(C(=O)NC3CCCCC3)c2)c(OC)c1. The minimum absolute atomic E-state index is 0.124. The Labute approximate surface area is 189 Å². The van der Waals surface area contributed by atoms with Gasteiger partial charge in [-0.1, -0.05) is 19.3 Å². The monoisotopic (exact) mass is 440 g/mol. The molecule has 0 aromatic heterocycles. The first-order valence-corrected chi connectivity index (χ1v) is 10.8. The molecule has 8 nitrogen and oxygen atoms in total. The molecule has 1 aliphatic rings. The Bertz CT molecular complexity index is 955. The van der Waals surface area contributed by atoms with E-state index in [2.05, 4.69) is 16.0 Å². The lowest BCUT2D eigenvalue weighted by Gasteiger charge is -2.24. The van der Waals surface area contributed by atoms with Crippen LogP contribution in [0.2, 0.25) is 0 Å². The molecule has 0 bridgehead atoms. The van der Waals surface area contributed by atoms with Crippen molar-refractivity contribution in [1.29, 1.82) is 0 Å². The highest BCUT2D eigenvalue weighted by Gasteiger charge is 2.20. The third-order valence-electron chi connectivity index (χ3n) is 5.58. The van der Waals surface area contributed by atoms with Gasteiger partial charge in [0, 0.05) is 37.6 Å². The fraction of sp³-hybridized carbons (Fsp3) is 0.417. The van der Waals surface area contributed by atoms with E-state index >= 15 is 0 Å². The molecule has 8 heteroatoms. The van der Waals surface area contributed by atoms with Crippen molar-refractivity contribution in [1.82, 2.24) is 5.32 Å². The predicted octanol–water partition coefficient (Wildman–Crippen LogP) is 4.48. The van der Waals surface area contributed by atoms with Crippen LogP contribution in [0.1, 0.15) is 42.5 Å². The van der Waals surface area contributed by atoms with Gasteiger partial charge in [-0.15, -0.1) is 0 Å².